The van der Waals surface area contributed by atoms with Gasteiger partial charge in [0.25, 0.3) is 0 Å². The molecule has 2 aliphatic heterocycles. The van der Waals surface area contributed by atoms with Crippen LogP contribution in [0.5, 0.6) is 0 Å². The van der Waals surface area contributed by atoms with Gasteiger partial charge < -0.3 is 0 Å². The second kappa shape index (κ2) is 4.55. The first-order valence-corrected chi connectivity index (χ1v) is 7.65. The van der Waals surface area contributed by atoms with Gasteiger partial charge in [-0.2, -0.15) is 0 Å². The van der Waals surface area contributed by atoms with E-state index in [4.69, 9.17) is 0 Å². The maximum atomic E-state index is 2.85. The normalized spacial score (nSPS) is 39.2. The molecule has 3 fully saturated rings. The molecule has 17 heavy (non-hydrogen) atoms. The van der Waals surface area contributed by atoms with Gasteiger partial charge in [-0.15, -0.1) is 0 Å². The minimum atomic E-state index is 0.563. The molecule has 3 aliphatic rings. The van der Waals surface area contributed by atoms with Crippen LogP contribution in [0.15, 0.2) is 0 Å². The first kappa shape index (κ1) is 12.0. The zero-order chi connectivity index (χ0) is 11.9. The molecule has 2 atom stereocenters. The lowest BCUT2D eigenvalue weighted by atomic mass is 9.86. The van der Waals surface area contributed by atoms with Gasteiger partial charge in [-0.3, -0.25) is 9.80 Å². The topological polar surface area (TPSA) is 6.48 Å². The highest BCUT2D eigenvalue weighted by molar-refractivity contribution is 4.95. The molecule has 0 aromatic heterocycles. The second-order valence-electron chi connectivity index (χ2n) is 7.08. The van der Waals surface area contributed by atoms with Crippen molar-refractivity contribution in [2.45, 2.75) is 64.5 Å². The third-order valence-corrected chi connectivity index (χ3v) is 5.48. The predicted molar refractivity (Wildman–Crippen MR) is 72.2 cm³/mol. The van der Waals surface area contributed by atoms with Crippen LogP contribution in [0, 0.1) is 5.41 Å². The van der Waals surface area contributed by atoms with Crippen LogP contribution in [0.1, 0.15) is 52.4 Å². The zero-order valence-electron chi connectivity index (χ0n) is 11.6. The SMILES string of the molecule is CC1(C)CCCC1N1CCCN2CCCC2C1. The van der Waals surface area contributed by atoms with Gasteiger partial charge in [0.1, 0.15) is 0 Å². The van der Waals surface area contributed by atoms with Crippen molar-refractivity contribution in [3.63, 3.8) is 0 Å². The van der Waals surface area contributed by atoms with Crippen LogP contribution in [-0.2, 0) is 0 Å². The molecule has 0 aromatic carbocycles. The van der Waals surface area contributed by atoms with E-state index in [2.05, 4.69) is 23.6 Å². The van der Waals surface area contributed by atoms with E-state index >= 15 is 0 Å². The first-order valence-electron chi connectivity index (χ1n) is 7.65. The smallest absolute Gasteiger partial charge is 0.0223 e. The summed E-state index contributed by atoms with van der Waals surface area (Å²) in [5, 5.41) is 0. The van der Waals surface area contributed by atoms with E-state index in [-0.39, 0.29) is 0 Å². The summed E-state index contributed by atoms with van der Waals surface area (Å²) >= 11 is 0. The molecule has 0 amide bonds. The molecule has 2 nitrogen and oxygen atoms in total. The summed E-state index contributed by atoms with van der Waals surface area (Å²) in [7, 11) is 0. The highest BCUT2D eigenvalue weighted by Crippen LogP contribution is 2.41. The average molecular weight is 236 g/mol. The second-order valence-corrected chi connectivity index (χ2v) is 7.08. The molecule has 2 heteroatoms. The third-order valence-electron chi connectivity index (χ3n) is 5.48. The fourth-order valence-corrected chi connectivity index (χ4v) is 4.50. The maximum absolute atomic E-state index is 2.85. The Labute approximate surface area is 106 Å². The van der Waals surface area contributed by atoms with Gasteiger partial charge in [-0.25, -0.2) is 0 Å². The summed E-state index contributed by atoms with van der Waals surface area (Å²) < 4.78 is 0. The fourth-order valence-electron chi connectivity index (χ4n) is 4.50. The Morgan fingerprint density at radius 3 is 2.41 bits per heavy atom. The van der Waals surface area contributed by atoms with E-state index in [1.54, 1.807) is 0 Å². The van der Waals surface area contributed by atoms with Crippen LogP contribution in [0.25, 0.3) is 0 Å². The van der Waals surface area contributed by atoms with Crippen molar-refractivity contribution in [2.75, 3.05) is 26.2 Å². The van der Waals surface area contributed by atoms with Gasteiger partial charge in [-0.1, -0.05) is 20.3 Å². The summed E-state index contributed by atoms with van der Waals surface area (Å²) in [6.45, 7) is 10.4. The molecule has 2 unspecified atom stereocenters. The molecule has 1 saturated carbocycles. The molecule has 2 saturated heterocycles. The molecule has 0 spiro atoms. The number of nitrogens with zero attached hydrogens (tertiary/aromatic N) is 2. The van der Waals surface area contributed by atoms with Gasteiger partial charge in [0, 0.05) is 18.6 Å². The van der Waals surface area contributed by atoms with Crippen LogP contribution in [0.2, 0.25) is 0 Å². The number of rotatable bonds is 1. The summed E-state index contributed by atoms with van der Waals surface area (Å²) in [6.07, 6.45) is 8.60. The van der Waals surface area contributed by atoms with Gasteiger partial charge >= 0.3 is 0 Å². The minimum absolute atomic E-state index is 0.563. The van der Waals surface area contributed by atoms with E-state index in [0.717, 1.165) is 12.1 Å². The summed E-state index contributed by atoms with van der Waals surface area (Å²) in [5.74, 6) is 0. The molecule has 0 bridgehead atoms. The minimum Gasteiger partial charge on any atom is -0.299 e. The Hall–Kier alpha value is -0.0800. The molecule has 2 heterocycles. The zero-order valence-corrected chi connectivity index (χ0v) is 11.6. The van der Waals surface area contributed by atoms with Gasteiger partial charge in [0.2, 0.25) is 0 Å². The van der Waals surface area contributed by atoms with Crippen molar-refractivity contribution in [2.24, 2.45) is 5.41 Å². The van der Waals surface area contributed by atoms with E-state index < -0.39 is 0 Å². The van der Waals surface area contributed by atoms with Crippen LogP contribution >= 0.6 is 0 Å². The highest BCUT2D eigenvalue weighted by atomic mass is 15.3. The van der Waals surface area contributed by atoms with Crippen molar-refractivity contribution >= 4 is 0 Å². The van der Waals surface area contributed by atoms with E-state index in [9.17, 15) is 0 Å². The maximum Gasteiger partial charge on any atom is 0.0223 e. The molecule has 1 aliphatic carbocycles. The summed E-state index contributed by atoms with van der Waals surface area (Å²) in [4.78, 5) is 5.60. The largest absolute Gasteiger partial charge is 0.299 e. The van der Waals surface area contributed by atoms with Crippen LogP contribution in [0.3, 0.4) is 0 Å². The number of hydrogen-bond acceptors (Lipinski definition) is 2. The highest BCUT2D eigenvalue weighted by Gasteiger charge is 2.40. The third kappa shape index (κ3) is 2.26. The lowest BCUT2D eigenvalue weighted by Crippen LogP contribution is -2.46. The van der Waals surface area contributed by atoms with Crippen molar-refractivity contribution in [1.82, 2.24) is 9.80 Å². The van der Waals surface area contributed by atoms with Gasteiger partial charge in [-0.05, 0) is 57.2 Å². The Morgan fingerprint density at radius 1 is 0.882 bits per heavy atom. The van der Waals surface area contributed by atoms with E-state index in [1.165, 1.54) is 64.7 Å². The molecule has 0 aromatic rings. The average Bonchev–Trinajstić information content (AvgIpc) is 2.79. The Kier molecular flexibility index (Phi) is 3.20. The lowest BCUT2D eigenvalue weighted by molar-refractivity contribution is 0.103. The van der Waals surface area contributed by atoms with Crippen LogP contribution < -0.4 is 0 Å². The molecule has 3 rings (SSSR count). The van der Waals surface area contributed by atoms with Gasteiger partial charge in [0.15, 0.2) is 0 Å². The van der Waals surface area contributed by atoms with Crippen molar-refractivity contribution in [3.8, 4) is 0 Å². The monoisotopic (exact) mass is 236 g/mol. The quantitative estimate of drug-likeness (QED) is 0.691. The van der Waals surface area contributed by atoms with Crippen LogP contribution in [-0.4, -0.2) is 48.1 Å². The van der Waals surface area contributed by atoms with E-state index in [1.807, 2.05) is 0 Å². The van der Waals surface area contributed by atoms with Crippen molar-refractivity contribution in [3.05, 3.63) is 0 Å². The lowest BCUT2D eigenvalue weighted by Gasteiger charge is -2.38. The molecule has 98 valence electrons. The number of fused-ring (bicyclic) bond motifs is 1. The van der Waals surface area contributed by atoms with Crippen molar-refractivity contribution < 1.29 is 0 Å². The molecular weight excluding hydrogens is 208 g/mol. The Morgan fingerprint density at radius 2 is 1.65 bits per heavy atom. The standard InChI is InChI=1S/C15H28N2/c1-15(2)8-3-7-14(15)17-11-5-10-16-9-4-6-13(16)12-17/h13-14H,3-12H2,1-2H3. The van der Waals surface area contributed by atoms with E-state index in [0.29, 0.717) is 5.41 Å². The summed E-state index contributed by atoms with van der Waals surface area (Å²) in [5.41, 5.74) is 0.563. The van der Waals surface area contributed by atoms with Crippen molar-refractivity contribution in [1.29, 1.82) is 0 Å². The first-order chi connectivity index (χ1) is 8.17. The molecular formula is C15H28N2. The van der Waals surface area contributed by atoms with Crippen LogP contribution in [0.4, 0.5) is 0 Å². The molecule has 0 N–H and O–H groups in total. The number of hydrogen-bond donors (Lipinski definition) is 0. The molecule has 0 radical (unpaired) electrons. The summed E-state index contributed by atoms with van der Waals surface area (Å²) in [6, 6.07) is 1.75. The Balaban J connectivity index is 1.70. The fraction of sp³-hybridized carbons (Fsp3) is 1.00. The van der Waals surface area contributed by atoms with Gasteiger partial charge in [0.05, 0.1) is 0 Å². The predicted octanol–water partition coefficient (Wildman–Crippen LogP) is 2.74. The Bertz CT molecular complexity index is 274.